The lowest BCUT2D eigenvalue weighted by molar-refractivity contribution is 0.589. The first-order chi connectivity index (χ1) is 7.98. The molecule has 88 valence electrons. The van der Waals surface area contributed by atoms with Crippen molar-refractivity contribution < 1.29 is 4.39 Å². The predicted molar refractivity (Wildman–Crippen MR) is 68.3 cm³/mol. The molecule has 1 heterocycles. The first-order valence-electron chi connectivity index (χ1n) is 5.70. The second-order valence-electron chi connectivity index (χ2n) is 5.16. The first kappa shape index (κ1) is 11.8. The number of hydrogen-bond acceptors (Lipinski definition) is 1. The van der Waals surface area contributed by atoms with Crippen LogP contribution in [0.4, 0.5) is 4.39 Å². The van der Waals surface area contributed by atoms with E-state index in [-0.39, 0.29) is 11.2 Å². The highest BCUT2D eigenvalue weighted by atomic mass is 19.1. The van der Waals surface area contributed by atoms with Gasteiger partial charge in [0.05, 0.1) is 5.69 Å². The third kappa shape index (κ3) is 2.52. The van der Waals surface area contributed by atoms with Crippen molar-refractivity contribution in [2.24, 2.45) is 0 Å². The molecule has 0 atom stereocenters. The van der Waals surface area contributed by atoms with Crippen LogP contribution < -0.4 is 0 Å². The smallest absolute Gasteiger partial charge is 0.132 e. The summed E-state index contributed by atoms with van der Waals surface area (Å²) in [5.74, 6) is -0.231. The van der Waals surface area contributed by atoms with Crippen LogP contribution in [0.2, 0.25) is 0 Å². The largest absolute Gasteiger partial charge is 0.256 e. The van der Waals surface area contributed by atoms with Crippen molar-refractivity contribution in [1.82, 2.24) is 4.98 Å². The van der Waals surface area contributed by atoms with Gasteiger partial charge in [-0.3, -0.25) is 4.98 Å². The van der Waals surface area contributed by atoms with Gasteiger partial charge in [-0.1, -0.05) is 32.9 Å². The Balaban J connectivity index is 2.51. The van der Waals surface area contributed by atoms with Crippen molar-refractivity contribution in [2.45, 2.75) is 26.2 Å². The summed E-state index contributed by atoms with van der Waals surface area (Å²) in [6.07, 6.45) is 1.74. The van der Waals surface area contributed by atoms with Crippen LogP contribution in [0.1, 0.15) is 26.3 Å². The van der Waals surface area contributed by atoms with Gasteiger partial charge in [0, 0.05) is 11.8 Å². The Kier molecular flexibility index (Phi) is 2.97. The molecule has 2 heteroatoms. The van der Waals surface area contributed by atoms with Crippen LogP contribution in [0.3, 0.4) is 0 Å². The van der Waals surface area contributed by atoms with Crippen LogP contribution in [0, 0.1) is 5.82 Å². The van der Waals surface area contributed by atoms with E-state index >= 15 is 0 Å². The van der Waals surface area contributed by atoms with Crippen LogP contribution in [0.25, 0.3) is 11.3 Å². The van der Waals surface area contributed by atoms with Crippen molar-refractivity contribution in [1.29, 1.82) is 0 Å². The van der Waals surface area contributed by atoms with E-state index in [1.807, 2.05) is 18.2 Å². The molecule has 0 fully saturated rings. The molecule has 0 bridgehead atoms. The fourth-order valence-electron chi connectivity index (χ4n) is 1.71. The zero-order valence-electron chi connectivity index (χ0n) is 10.4. The molecule has 0 N–H and O–H groups in total. The van der Waals surface area contributed by atoms with Gasteiger partial charge in [-0.05, 0) is 35.2 Å². The van der Waals surface area contributed by atoms with Crippen molar-refractivity contribution in [3.05, 3.63) is 54.0 Å². The second-order valence-corrected chi connectivity index (χ2v) is 5.16. The lowest BCUT2D eigenvalue weighted by Crippen LogP contribution is -2.11. The fraction of sp³-hybridized carbons (Fsp3) is 0.267. The van der Waals surface area contributed by atoms with Gasteiger partial charge < -0.3 is 0 Å². The molecule has 1 aromatic heterocycles. The third-order valence-electron chi connectivity index (χ3n) is 2.78. The zero-order valence-corrected chi connectivity index (χ0v) is 10.4. The number of halogens is 1. The Labute approximate surface area is 101 Å². The van der Waals surface area contributed by atoms with Crippen molar-refractivity contribution >= 4 is 0 Å². The van der Waals surface area contributed by atoms with Crippen molar-refractivity contribution in [3.63, 3.8) is 0 Å². The zero-order chi connectivity index (χ0) is 12.5. The SMILES string of the molecule is CC(C)(C)c1ccnc(-c2ccccc2F)c1. The van der Waals surface area contributed by atoms with Gasteiger partial charge in [0.2, 0.25) is 0 Å². The van der Waals surface area contributed by atoms with E-state index in [0.29, 0.717) is 11.3 Å². The molecular formula is C15H16FN. The van der Waals surface area contributed by atoms with Gasteiger partial charge in [-0.25, -0.2) is 4.39 Å². The maximum Gasteiger partial charge on any atom is 0.132 e. The summed E-state index contributed by atoms with van der Waals surface area (Å²) in [5.41, 5.74) is 2.45. The van der Waals surface area contributed by atoms with E-state index in [9.17, 15) is 4.39 Å². The maximum atomic E-state index is 13.7. The Hall–Kier alpha value is -1.70. The minimum absolute atomic E-state index is 0.0446. The molecule has 0 amide bonds. The topological polar surface area (TPSA) is 12.9 Å². The van der Waals surface area contributed by atoms with E-state index < -0.39 is 0 Å². The molecule has 0 unspecified atom stereocenters. The molecule has 2 rings (SSSR count). The fourth-order valence-corrected chi connectivity index (χ4v) is 1.71. The second kappa shape index (κ2) is 4.28. The van der Waals surface area contributed by atoms with E-state index in [0.717, 1.165) is 5.56 Å². The predicted octanol–water partition coefficient (Wildman–Crippen LogP) is 4.19. The quantitative estimate of drug-likeness (QED) is 0.714. The van der Waals surface area contributed by atoms with Gasteiger partial charge >= 0.3 is 0 Å². The summed E-state index contributed by atoms with van der Waals surface area (Å²) in [4.78, 5) is 4.24. The summed E-state index contributed by atoms with van der Waals surface area (Å²) >= 11 is 0. The third-order valence-corrected chi connectivity index (χ3v) is 2.78. The van der Waals surface area contributed by atoms with Crippen molar-refractivity contribution in [2.75, 3.05) is 0 Å². The summed E-state index contributed by atoms with van der Waals surface area (Å²) in [7, 11) is 0. The molecule has 0 saturated carbocycles. The standard InChI is InChI=1S/C15H16FN/c1-15(2,3)11-8-9-17-14(10-11)12-6-4-5-7-13(12)16/h4-10H,1-3H3. The normalized spacial score (nSPS) is 11.5. The molecular weight excluding hydrogens is 213 g/mol. The molecule has 1 nitrogen and oxygen atoms in total. The molecule has 0 aliphatic heterocycles. The molecule has 0 saturated heterocycles. The van der Waals surface area contributed by atoms with Gasteiger partial charge in [0.1, 0.15) is 5.82 Å². The molecule has 1 aromatic carbocycles. The van der Waals surface area contributed by atoms with E-state index in [1.54, 1.807) is 18.3 Å². The Morgan fingerprint density at radius 3 is 2.41 bits per heavy atom. The van der Waals surface area contributed by atoms with Crippen LogP contribution in [0.15, 0.2) is 42.6 Å². The highest BCUT2D eigenvalue weighted by Crippen LogP contribution is 2.27. The number of benzene rings is 1. The first-order valence-corrected chi connectivity index (χ1v) is 5.70. The number of aromatic nitrogens is 1. The molecule has 17 heavy (non-hydrogen) atoms. The molecule has 2 aromatic rings. The van der Waals surface area contributed by atoms with Crippen LogP contribution in [-0.4, -0.2) is 4.98 Å². The Morgan fingerprint density at radius 2 is 1.76 bits per heavy atom. The van der Waals surface area contributed by atoms with Gasteiger partial charge in [-0.15, -0.1) is 0 Å². The van der Waals surface area contributed by atoms with Crippen molar-refractivity contribution in [3.8, 4) is 11.3 Å². The monoisotopic (exact) mass is 229 g/mol. The van der Waals surface area contributed by atoms with Crippen LogP contribution >= 0.6 is 0 Å². The Morgan fingerprint density at radius 1 is 1.06 bits per heavy atom. The number of nitrogens with zero attached hydrogens (tertiary/aromatic N) is 1. The summed E-state index contributed by atoms with van der Waals surface area (Å²) < 4.78 is 13.7. The number of rotatable bonds is 1. The van der Waals surface area contributed by atoms with Gasteiger partial charge in [0.25, 0.3) is 0 Å². The number of hydrogen-bond donors (Lipinski definition) is 0. The molecule has 0 spiro atoms. The van der Waals surface area contributed by atoms with Gasteiger partial charge in [0.15, 0.2) is 0 Å². The molecule has 0 radical (unpaired) electrons. The van der Waals surface area contributed by atoms with Gasteiger partial charge in [-0.2, -0.15) is 0 Å². The van der Waals surface area contributed by atoms with Crippen LogP contribution in [-0.2, 0) is 5.41 Å². The molecule has 0 aliphatic rings. The minimum Gasteiger partial charge on any atom is -0.256 e. The minimum atomic E-state index is -0.231. The summed E-state index contributed by atoms with van der Waals surface area (Å²) in [6.45, 7) is 6.40. The number of pyridine rings is 1. The average molecular weight is 229 g/mol. The maximum absolute atomic E-state index is 13.7. The average Bonchev–Trinajstić information content (AvgIpc) is 2.29. The van der Waals surface area contributed by atoms with E-state index in [2.05, 4.69) is 25.8 Å². The lowest BCUT2D eigenvalue weighted by atomic mass is 9.87. The van der Waals surface area contributed by atoms with E-state index in [4.69, 9.17) is 0 Å². The highest BCUT2D eigenvalue weighted by Gasteiger charge is 2.15. The summed E-state index contributed by atoms with van der Waals surface area (Å²) in [6, 6.07) is 10.7. The highest BCUT2D eigenvalue weighted by molar-refractivity contribution is 5.60. The van der Waals surface area contributed by atoms with Crippen LogP contribution in [0.5, 0.6) is 0 Å². The molecule has 0 aliphatic carbocycles. The Bertz CT molecular complexity index is 526. The van der Waals surface area contributed by atoms with E-state index in [1.165, 1.54) is 6.07 Å². The lowest BCUT2D eigenvalue weighted by Gasteiger charge is -2.19. The summed E-state index contributed by atoms with van der Waals surface area (Å²) in [5, 5.41) is 0.